The number of para-hydroxylation sites is 1. The van der Waals surface area contributed by atoms with Gasteiger partial charge < -0.3 is 4.90 Å². The second kappa shape index (κ2) is 5.55. The van der Waals surface area contributed by atoms with Gasteiger partial charge in [0.2, 0.25) is 0 Å². The lowest BCUT2D eigenvalue weighted by molar-refractivity contribution is 0.0993. The van der Waals surface area contributed by atoms with Crippen molar-refractivity contribution in [2.24, 2.45) is 0 Å². The molecule has 0 aliphatic heterocycles. The van der Waals surface area contributed by atoms with Gasteiger partial charge in [0, 0.05) is 27.8 Å². The van der Waals surface area contributed by atoms with E-state index in [2.05, 4.69) is 15.9 Å². The zero-order chi connectivity index (χ0) is 13.1. The van der Waals surface area contributed by atoms with Gasteiger partial charge >= 0.3 is 0 Å². The topological polar surface area (TPSA) is 20.3 Å². The Morgan fingerprint density at radius 3 is 2.44 bits per heavy atom. The van der Waals surface area contributed by atoms with Crippen LogP contribution in [0, 0.1) is 0 Å². The normalized spacial score (nSPS) is 10.2. The minimum absolute atomic E-state index is 0.0931. The van der Waals surface area contributed by atoms with E-state index in [1.165, 1.54) is 0 Å². The molecule has 18 heavy (non-hydrogen) atoms. The number of hydrogen-bond acceptors (Lipinski definition) is 1. The van der Waals surface area contributed by atoms with Crippen LogP contribution in [0.25, 0.3) is 0 Å². The van der Waals surface area contributed by atoms with Crippen LogP contribution in [0.3, 0.4) is 0 Å². The first-order chi connectivity index (χ1) is 8.58. The van der Waals surface area contributed by atoms with E-state index in [0.29, 0.717) is 10.6 Å². The molecule has 92 valence electrons. The molecule has 0 fully saturated rings. The number of rotatable bonds is 2. The average Bonchev–Trinajstić information content (AvgIpc) is 2.37. The van der Waals surface area contributed by atoms with Gasteiger partial charge in [-0.3, -0.25) is 4.79 Å². The van der Waals surface area contributed by atoms with Gasteiger partial charge in [0.05, 0.1) is 0 Å². The van der Waals surface area contributed by atoms with E-state index in [0.717, 1.165) is 10.2 Å². The largest absolute Gasteiger partial charge is 0.311 e. The molecule has 0 atom stereocenters. The van der Waals surface area contributed by atoms with Gasteiger partial charge in [-0.05, 0) is 30.3 Å². The van der Waals surface area contributed by atoms with Crippen molar-refractivity contribution >= 4 is 39.1 Å². The standard InChI is InChI=1S/C14H11BrClNO/c1-17(13-5-3-2-4-6-13)14(18)10-7-11(15)9-12(16)8-10/h2-9H,1H3. The van der Waals surface area contributed by atoms with Crippen molar-refractivity contribution in [3.8, 4) is 0 Å². The number of carbonyl (C=O) groups excluding carboxylic acids is 1. The molecule has 0 aromatic heterocycles. The Hall–Kier alpha value is -1.32. The van der Waals surface area contributed by atoms with Crippen LogP contribution in [0.4, 0.5) is 5.69 Å². The van der Waals surface area contributed by atoms with Gasteiger partial charge in [0.25, 0.3) is 5.91 Å². The first-order valence-corrected chi connectivity index (χ1v) is 6.54. The fourth-order valence-corrected chi connectivity index (χ4v) is 2.50. The van der Waals surface area contributed by atoms with Crippen LogP contribution in [-0.2, 0) is 0 Å². The number of benzene rings is 2. The molecule has 4 heteroatoms. The Bertz CT molecular complexity index is 551. The highest BCUT2D eigenvalue weighted by molar-refractivity contribution is 9.10. The van der Waals surface area contributed by atoms with Crippen LogP contribution in [0.15, 0.2) is 53.0 Å². The Morgan fingerprint density at radius 2 is 1.83 bits per heavy atom. The molecule has 0 spiro atoms. The van der Waals surface area contributed by atoms with Crippen LogP contribution < -0.4 is 4.90 Å². The second-order valence-corrected chi connectivity index (χ2v) is 5.21. The first kappa shape index (κ1) is 13.1. The summed E-state index contributed by atoms with van der Waals surface area (Å²) in [6, 6.07) is 14.6. The third-order valence-electron chi connectivity index (χ3n) is 2.56. The molecule has 1 amide bonds. The summed E-state index contributed by atoms with van der Waals surface area (Å²) in [5.74, 6) is -0.0931. The average molecular weight is 325 g/mol. The number of nitrogens with zero attached hydrogens (tertiary/aromatic N) is 1. The van der Waals surface area contributed by atoms with Crippen molar-refractivity contribution in [2.75, 3.05) is 11.9 Å². The van der Waals surface area contributed by atoms with Crippen LogP contribution in [0.1, 0.15) is 10.4 Å². The van der Waals surface area contributed by atoms with Crippen molar-refractivity contribution in [2.45, 2.75) is 0 Å². The van der Waals surface area contributed by atoms with Crippen LogP contribution in [0.5, 0.6) is 0 Å². The Kier molecular flexibility index (Phi) is 4.04. The molecule has 0 N–H and O–H groups in total. The molecule has 0 saturated carbocycles. The molecule has 0 saturated heterocycles. The summed E-state index contributed by atoms with van der Waals surface area (Å²) in [7, 11) is 1.74. The molecule has 0 bridgehead atoms. The van der Waals surface area contributed by atoms with Gasteiger partial charge in [0.15, 0.2) is 0 Å². The van der Waals surface area contributed by atoms with Gasteiger partial charge in [0.1, 0.15) is 0 Å². The van der Waals surface area contributed by atoms with Crippen molar-refractivity contribution in [1.29, 1.82) is 0 Å². The Balaban J connectivity index is 2.31. The summed E-state index contributed by atoms with van der Waals surface area (Å²) in [4.78, 5) is 13.9. The lowest BCUT2D eigenvalue weighted by Gasteiger charge is -2.17. The van der Waals surface area contributed by atoms with Gasteiger partial charge in [-0.25, -0.2) is 0 Å². The van der Waals surface area contributed by atoms with E-state index >= 15 is 0 Å². The molecule has 0 aliphatic rings. The van der Waals surface area contributed by atoms with E-state index in [1.807, 2.05) is 30.3 Å². The SMILES string of the molecule is CN(C(=O)c1cc(Cl)cc(Br)c1)c1ccccc1. The highest BCUT2D eigenvalue weighted by Gasteiger charge is 2.14. The molecule has 2 rings (SSSR count). The first-order valence-electron chi connectivity index (χ1n) is 5.37. The maximum absolute atomic E-state index is 12.3. The maximum atomic E-state index is 12.3. The zero-order valence-corrected chi connectivity index (χ0v) is 12.1. The summed E-state index contributed by atoms with van der Waals surface area (Å²) >= 11 is 9.28. The fourth-order valence-electron chi connectivity index (χ4n) is 1.64. The summed E-state index contributed by atoms with van der Waals surface area (Å²) in [5.41, 5.74) is 1.40. The van der Waals surface area contributed by atoms with E-state index in [9.17, 15) is 4.79 Å². The summed E-state index contributed by atoms with van der Waals surface area (Å²) in [5, 5.41) is 0.536. The molecule has 0 unspecified atom stereocenters. The third kappa shape index (κ3) is 2.92. The lowest BCUT2D eigenvalue weighted by atomic mass is 10.2. The fraction of sp³-hybridized carbons (Fsp3) is 0.0714. The van der Waals surface area contributed by atoms with E-state index in [1.54, 1.807) is 30.1 Å². The van der Waals surface area contributed by atoms with Crippen LogP contribution >= 0.6 is 27.5 Å². The highest BCUT2D eigenvalue weighted by atomic mass is 79.9. The zero-order valence-electron chi connectivity index (χ0n) is 9.73. The Labute approximate surface area is 119 Å². The Morgan fingerprint density at radius 1 is 1.17 bits per heavy atom. The molecular formula is C14H11BrClNO. The molecule has 2 aromatic carbocycles. The lowest BCUT2D eigenvalue weighted by Crippen LogP contribution is -2.26. The van der Waals surface area contributed by atoms with Gasteiger partial charge in [-0.1, -0.05) is 45.7 Å². The molecule has 0 radical (unpaired) electrons. The maximum Gasteiger partial charge on any atom is 0.258 e. The number of anilines is 1. The van der Waals surface area contributed by atoms with Crippen molar-refractivity contribution in [3.63, 3.8) is 0 Å². The molecule has 0 heterocycles. The molecule has 2 aromatic rings. The van der Waals surface area contributed by atoms with E-state index < -0.39 is 0 Å². The highest BCUT2D eigenvalue weighted by Crippen LogP contribution is 2.22. The number of halogens is 2. The second-order valence-electron chi connectivity index (χ2n) is 3.86. The van der Waals surface area contributed by atoms with Crippen molar-refractivity contribution in [3.05, 3.63) is 63.6 Å². The van der Waals surface area contributed by atoms with Crippen LogP contribution in [-0.4, -0.2) is 13.0 Å². The van der Waals surface area contributed by atoms with Crippen LogP contribution in [0.2, 0.25) is 5.02 Å². The molecule has 2 nitrogen and oxygen atoms in total. The number of amides is 1. The minimum Gasteiger partial charge on any atom is -0.311 e. The van der Waals surface area contributed by atoms with E-state index in [4.69, 9.17) is 11.6 Å². The monoisotopic (exact) mass is 323 g/mol. The number of carbonyl (C=O) groups is 1. The van der Waals surface area contributed by atoms with E-state index in [-0.39, 0.29) is 5.91 Å². The predicted octanol–water partition coefficient (Wildman–Crippen LogP) is 4.38. The van der Waals surface area contributed by atoms with Gasteiger partial charge in [-0.15, -0.1) is 0 Å². The smallest absolute Gasteiger partial charge is 0.258 e. The van der Waals surface area contributed by atoms with Crippen molar-refractivity contribution in [1.82, 2.24) is 0 Å². The van der Waals surface area contributed by atoms with Crippen molar-refractivity contribution < 1.29 is 4.79 Å². The quantitative estimate of drug-likeness (QED) is 0.803. The summed E-state index contributed by atoms with van der Waals surface area (Å²) < 4.78 is 0.791. The molecule has 0 aliphatic carbocycles. The number of hydrogen-bond donors (Lipinski definition) is 0. The van der Waals surface area contributed by atoms with Gasteiger partial charge in [-0.2, -0.15) is 0 Å². The molecular weight excluding hydrogens is 314 g/mol. The minimum atomic E-state index is -0.0931. The summed E-state index contributed by atoms with van der Waals surface area (Å²) in [6.07, 6.45) is 0. The predicted molar refractivity (Wildman–Crippen MR) is 78.3 cm³/mol. The summed E-state index contributed by atoms with van der Waals surface area (Å²) in [6.45, 7) is 0. The third-order valence-corrected chi connectivity index (χ3v) is 3.23.